The quantitative estimate of drug-likeness (QED) is 0.663. The van der Waals surface area contributed by atoms with Crippen LogP contribution >= 0.6 is 0 Å². The maximum atomic E-state index is 11.7. The average molecular weight is 186 g/mol. The van der Waals surface area contributed by atoms with Crippen molar-refractivity contribution in [2.75, 3.05) is 33.9 Å². The summed E-state index contributed by atoms with van der Waals surface area (Å²) in [4.78, 5) is 13.5. The molecule has 1 aliphatic heterocycles. The molecule has 1 N–H and O–H groups in total. The molecule has 1 amide bonds. The van der Waals surface area contributed by atoms with Gasteiger partial charge in [-0.3, -0.25) is 4.79 Å². The van der Waals surface area contributed by atoms with Gasteiger partial charge in [0.1, 0.15) is 0 Å². The Kier molecular flexibility index (Phi) is 4.18. The summed E-state index contributed by atoms with van der Waals surface area (Å²) < 4.78 is 4.95. The topological polar surface area (TPSA) is 41.6 Å². The molecule has 0 bridgehead atoms. The van der Waals surface area contributed by atoms with E-state index < -0.39 is 0 Å². The van der Waals surface area contributed by atoms with Crippen molar-refractivity contribution in [3.8, 4) is 0 Å². The van der Waals surface area contributed by atoms with Gasteiger partial charge < -0.3 is 15.0 Å². The first-order valence-electron chi connectivity index (χ1n) is 4.74. The fourth-order valence-corrected chi connectivity index (χ4v) is 1.63. The van der Waals surface area contributed by atoms with Gasteiger partial charge in [-0.15, -0.1) is 0 Å². The lowest BCUT2D eigenvalue weighted by molar-refractivity contribution is -0.136. The van der Waals surface area contributed by atoms with Gasteiger partial charge in [-0.1, -0.05) is 0 Å². The third-order valence-electron chi connectivity index (χ3n) is 2.44. The molecule has 76 valence electrons. The largest absolute Gasteiger partial charge is 0.383 e. The predicted molar refractivity (Wildman–Crippen MR) is 50.5 cm³/mol. The number of carbonyl (C=O) groups excluding carboxylic acids is 1. The number of likely N-dealkylation sites (tertiary alicyclic amines) is 1. The molecule has 1 atom stereocenters. The summed E-state index contributed by atoms with van der Waals surface area (Å²) in [6, 6.07) is 0.0191. The average Bonchev–Trinajstić information content (AvgIpc) is 2.16. The fourth-order valence-electron chi connectivity index (χ4n) is 1.63. The van der Waals surface area contributed by atoms with E-state index in [-0.39, 0.29) is 11.9 Å². The monoisotopic (exact) mass is 186 g/mol. The van der Waals surface area contributed by atoms with Crippen LogP contribution in [0.25, 0.3) is 0 Å². The molecule has 0 aromatic heterocycles. The highest BCUT2D eigenvalue weighted by Crippen LogP contribution is 2.10. The van der Waals surface area contributed by atoms with E-state index in [0.717, 1.165) is 19.4 Å². The summed E-state index contributed by atoms with van der Waals surface area (Å²) in [7, 11) is 3.49. The molecule has 4 nitrogen and oxygen atoms in total. The Morgan fingerprint density at radius 2 is 2.46 bits per heavy atom. The zero-order valence-corrected chi connectivity index (χ0v) is 8.38. The van der Waals surface area contributed by atoms with Gasteiger partial charge in [-0.05, 0) is 19.9 Å². The van der Waals surface area contributed by atoms with Crippen molar-refractivity contribution in [3.63, 3.8) is 0 Å². The van der Waals surface area contributed by atoms with E-state index in [0.29, 0.717) is 13.2 Å². The van der Waals surface area contributed by atoms with Crippen LogP contribution in [0.5, 0.6) is 0 Å². The van der Waals surface area contributed by atoms with Gasteiger partial charge in [0.25, 0.3) is 0 Å². The van der Waals surface area contributed by atoms with E-state index in [4.69, 9.17) is 4.74 Å². The molecule has 0 aliphatic carbocycles. The highest BCUT2D eigenvalue weighted by atomic mass is 16.5. The molecular weight excluding hydrogens is 168 g/mol. The van der Waals surface area contributed by atoms with Crippen LogP contribution in [0.15, 0.2) is 0 Å². The third-order valence-corrected chi connectivity index (χ3v) is 2.44. The summed E-state index contributed by atoms with van der Waals surface area (Å²) in [5.41, 5.74) is 0. The summed E-state index contributed by atoms with van der Waals surface area (Å²) in [5, 5.41) is 3.03. The molecular formula is C9H18N2O2. The molecule has 1 heterocycles. The van der Waals surface area contributed by atoms with Crippen LogP contribution in [-0.4, -0.2) is 50.7 Å². The van der Waals surface area contributed by atoms with Gasteiger partial charge in [0.05, 0.1) is 12.6 Å². The van der Waals surface area contributed by atoms with Crippen molar-refractivity contribution in [3.05, 3.63) is 0 Å². The van der Waals surface area contributed by atoms with E-state index in [1.807, 2.05) is 11.9 Å². The van der Waals surface area contributed by atoms with E-state index >= 15 is 0 Å². The van der Waals surface area contributed by atoms with Gasteiger partial charge in [-0.25, -0.2) is 0 Å². The number of likely N-dealkylation sites (N-methyl/N-ethyl adjacent to an activating group) is 1. The van der Waals surface area contributed by atoms with Crippen LogP contribution in [0.2, 0.25) is 0 Å². The normalized spacial score (nSPS) is 23.7. The molecule has 0 aromatic carbocycles. The zero-order chi connectivity index (χ0) is 9.68. The maximum absolute atomic E-state index is 11.7. The SMILES string of the molecule is CNC1CCCN(CCOC)C1=O. The van der Waals surface area contributed by atoms with E-state index in [1.54, 1.807) is 7.11 Å². The molecule has 1 fully saturated rings. The number of hydrogen-bond acceptors (Lipinski definition) is 3. The number of carbonyl (C=O) groups is 1. The summed E-state index contributed by atoms with van der Waals surface area (Å²) in [6.45, 7) is 2.22. The first-order valence-corrected chi connectivity index (χ1v) is 4.74. The molecule has 0 aromatic rings. The fraction of sp³-hybridized carbons (Fsp3) is 0.889. The summed E-state index contributed by atoms with van der Waals surface area (Å²) in [6.07, 6.45) is 2.04. The van der Waals surface area contributed by atoms with Crippen LogP contribution in [0.3, 0.4) is 0 Å². The Bertz CT molecular complexity index is 173. The second kappa shape index (κ2) is 5.19. The lowest BCUT2D eigenvalue weighted by Gasteiger charge is -2.31. The first-order chi connectivity index (χ1) is 6.29. The van der Waals surface area contributed by atoms with E-state index in [1.165, 1.54) is 0 Å². The summed E-state index contributed by atoms with van der Waals surface area (Å²) in [5.74, 6) is 0.214. The van der Waals surface area contributed by atoms with Crippen molar-refractivity contribution >= 4 is 5.91 Å². The number of amides is 1. The van der Waals surface area contributed by atoms with Crippen LogP contribution in [-0.2, 0) is 9.53 Å². The lowest BCUT2D eigenvalue weighted by Crippen LogP contribution is -2.50. The molecule has 1 saturated heterocycles. The van der Waals surface area contributed by atoms with Crippen molar-refractivity contribution in [2.24, 2.45) is 0 Å². The van der Waals surface area contributed by atoms with Gasteiger partial charge in [0, 0.05) is 20.2 Å². The lowest BCUT2D eigenvalue weighted by atomic mass is 10.1. The number of nitrogens with one attached hydrogen (secondary N) is 1. The minimum Gasteiger partial charge on any atom is -0.383 e. The van der Waals surface area contributed by atoms with Crippen molar-refractivity contribution < 1.29 is 9.53 Å². The summed E-state index contributed by atoms with van der Waals surface area (Å²) >= 11 is 0. The van der Waals surface area contributed by atoms with Gasteiger partial charge >= 0.3 is 0 Å². The molecule has 0 spiro atoms. The predicted octanol–water partition coefficient (Wildman–Crippen LogP) is -0.157. The van der Waals surface area contributed by atoms with E-state index in [9.17, 15) is 4.79 Å². The number of ether oxygens (including phenoxy) is 1. The Morgan fingerprint density at radius 1 is 1.69 bits per heavy atom. The van der Waals surface area contributed by atoms with Crippen molar-refractivity contribution in [1.82, 2.24) is 10.2 Å². The number of piperidine rings is 1. The minimum absolute atomic E-state index is 0.0191. The molecule has 13 heavy (non-hydrogen) atoms. The van der Waals surface area contributed by atoms with Gasteiger partial charge in [0.15, 0.2) is 0 Å². The Balaban J connectivity index is 2.40. The highest BCUT2D eigenvalue weighted by Gasteiger charge is 2.26. The number of nitrogens with zero attached hydrogens (tertiary/aromatic N) is 1. The second-order valence-electron chi connectivity index (χ2n) is 3.30. The smallest absolute Gasteiger partial charge is 0.239 e. The second-order valence-corrected chi connectivity index (χ2v) is 3.30. The van der Waals surface area contributed by atoms with Crippen LogP contribution in [0, 0.1) is 0 Å². The van der Waals surface area contributed by atoms with Gasteiger partial charge in [0.2, 0.25) is 5.91 Å². The van der Waals surface area contributed by atoms with Crippen molar-refractivity contribution in [1.29, 1.82) is 0 Å². The Morgan fingerprint density at radius 3 is 3.08 bits per heavy atom. The number of rotatable bonds is 4. The standard InChI is InChI=1S/C9H18N2O2/c1-10-8-4-3-5-11(9(8)12)6-7-13-2/h8,10H,3-7H2,1-2H3. The zero-order valence-electron chi connectivity index (χ0n) is 8.38. The molecule has 1 unspecified atom stereocenters. The third kappa shape index (κ3) is 2.67. The number of hydrogen-bond donors (Lipinski definition) is 1. The minimum atomic E-state index is 0.0191. The Labute approximate surface area is 79.2 Å². The molecule has 0 saturated carbocycles. The van der Waals surface area contributed by atoms with Crippen LogP contribution in [0.4, 0.5) is 0 Å². The first kappa shape index (κ1) is 10.5. The molecule has 4 heteroatoms. The van der Waals surface area contributed by atoms with Gasteiger partial charge in [-0.2, -0.15) is 0 Å². The maximum Gasteiger partial charge on any atom is 0.239 e. The highest BCUT2D eigenvalue weighted by molar-refractivity contribution is 5.82. The van der Waals surface area contributed by atoms with Crippen LogP contribution in [0.1, 0.15) is 12.8 Å². The molecule has 1 rings (SSSR count). The van der Waals surface area contributed by atoms with E-state index in [2.05, 4.69) is 5.32 Å². The van der Waals surface area contributed by atoms with Crippen molar-refractivity contribution in [2.45, 2.75) is 18.9 Å². The Hall–Kier alpha value is -0.610. The molecule has 1 aliphatic rings. The van der Waals surface area contributed by atoms with Crippen LogP contribution < -0.4 is 5.32 Å². The number of methoxy groups -OCH3 is 1. The molecule has 0 radical (unpaired) electrons.